The van der Waals surface area contributed by atoms with Crippen molar-refractivity contribution in [3.63, 3.8) is 0 Å². The third-order valence-electron chi connectivity index (χ3n) is 4.34. The molecular weight excluding hydrogens is 353 g/mol. The summed E-state index contributed by atoms with van der Waals surface area (Å²) in [5.74, 6) is 2.16. The molecule has 6 heteroatoms. The van der Waals surface area contributed by atoms with Gasteiger partial charge in [0.05, 0.1) is 16.7 Å². The third kappa shape index (κ3) is 3.72. The van der Waals surface area contributed by atoms with Gasteiger partial charge in [-0.3, -0.25) is 5.01 Å². The number of rotatable bonds is 4. The molecule has 1 N–H and O–H groups in total. The Morgan fingerprint density at radius 3 is 2.65 bits per heavy atom. The van der Waals surface area contributed by atoms with Crippen LogP contribution in [0.3, 0.4) is 0 Å². The van der Waals surface area contributed by atoms with E-state index in [2.05, 4.69) is 16.3 Å². The van der Waals surface area contributed by atoms with Crippen LogP contribution in [-0.2, 0) is 0 Å². The molecule has 0 spiro atoms. The van der Waals surface area contributed by atoms with Gasteiger partial charge in [-0.15, -0.1) is 11.5 Å². The van der Waals surface area contributed by atoms with Crippen molar-refractivity contribution in [1.29, 1.82) is 0 Å². The standard InChI is InChI=1S/C20H19ClFN3O/c1-3-16-18(21)12-17(13(2)26)19(14-7-6-8-15(22)11-14)20(16)23-24-25-9-4-5-10-25/h1,6-8,11-13,26H,4-5,9-10H2,2H3/b24-23+/t13-/m1/s1. The number of terminal acetylenes is 1. The number of nitrogens with zero attached hydrogens (tertiary/aromatic N) is 3. The molecule has 1 fully saturated rings. The predicted molar refractivity (Wildman–Crippen MR) is 101 cm³/mol. The lowest BCUT2D eigenvalue weighted by atomic mass is 9.92. The Bertz CT molecular complexity index is 883. The summed E-state index contributed by atoms with van der Waals surface area (Å²) in [6.45, 7) is 3.27. The van der Waals surface area contributed by atoms with Gasteiger partial charge in [0.25, 0.3) is 0 Å². The highest BCUT2D eigenvalue weighted by Gasteiger charge is 2.21. The van der Waals surface area contributed by atoms with E-state index in [1.54, 1.807) is 25.1 Å². The molecule has 0 aliphatic carbocycles. The van der Waals surface area contributed by atoms with Crippen molar-refractivity contribution < 1.29 is 9.50 Å². The van der Waals surface area contributed by atoms with Crippen molar-refractivity contribution in [3.05, 3.63) is 52.3 Å². The Labute approximate surface area is 157 Å². The van der Waals surface area contributed by atoms with Gasteiger partial charge in [-0.05, 0) is 49.1 Å². The zero-order valence-electron chi connectivity index (χ0n) is 14.4. The predicted octanol–water partition coefficient (Wildman–Crippen LogP) is 5.28. The largest absolute Gasteiger partial charge is 0.389 e. The van der Waals surface area contributed by atoms with E-state index in [1.807, 2.05) is 5.01 Å². The quantitative estimate of drug-likeness (QED) is 0.587. The van der Waals surface area contributed by atoms with E-state index >= 15 is 0 Å². The van der Waals surface area contributed by atoms with E-state index in [1.165, 1.54) is 12.1 Å². The summed E-state index contributed by atoms with van der Waals surface area (Å²) < 4.78 is 13.8. The van der Waals surface area contributed by atoms with Crippen LogP contribution in [-0.4, -0.2) is 23.2 Å². The highest BCUT2D eigenvalue weighted by atomic mass is 35.5. The maximum atomic E-state index is 13.8. The van der Waals surface area contributed by atoms with Crippen LogP contribution in [0.2, 0.25) is 5.02 Å². The first-order chi connectivity index (χ1) is 12.5. The molecule has 1 aliphatic heterocycles. The Morgan fingerprint density at radius 1 is 1.31 bits per heavy atom. The first-order valence-electron chi connectivity index (χ1n) is 8.45. The van der Waals surface area contributed by atoms with Gasteiger partial charge >= 0.3 is 0 Å². The summed E-state index contributed by atoms with van der Waals surface area (Å²) in [4.78, 5) is 0. The maximum absolute atomic E-state index is 13.8. The van der Waals surface area contributed by atoms with Crippen molar-refractivity contribution >= 4 is 17.3 Å². The molecule has 1 saturated heterocycles. The first-order valence-corrected chi connectivity index (χ1v) is 8.82. The smallest absolute Gasteiger partial charge is 0.123 e. The molecule has 3 rings (SSSR count). The van der Waals surface area contributed by atoms with E-state index in [4.69, 9.17) is 18.0 Å². The number of aliphatic hydroxyl groups is 1. The highest BCUT2D eigenvalue weighted by Crippen LogP contribution is 2.43. The molecule has 134 valence electrons. The van der Waals surface area contributed by atoms with E-state index in [-0.39, 0.29) is 0 Å². The zero-order chi connectivity index (χ0) is 18.7. The Morgan fingerprint density at radius 2 is 2.04 bits per heavy atom. The number of aliphatic hydroxyl groups excluding tert-OH is 1. The van der Waals surface area contributed by atoms with Gasteiger partial charge in [0.15, 0.2) is 0 Å². The minimum absolute atomic E-state index is 0.305. The van der Waals surface area contributed by atoms with Crippen LogP contribution in [0, 0.1) is 18.2 Å². The summed E-state index contributed by atoms with van der Waals surface area (Å²) >= 11 is 6.32. The topological polar surface area (TPSA) is 48.2 Å². The Kier molecular flexibility index (Phi) is 5.55. The van der Waals surface area contributed by atoms with Gasteiger partial charge in [-0.2, -0.15) is 0 Å². The summed E-state index contributed by atoms with van der Waals surface area (Å²) in [5.41, 5.74) is 2.37. The molecule has 0 unspecified atom stereocenters. The summed E-state index contributed by atoms with van der Waals surface area (Å²) in [6, 6.07) is 7.69. The lowest BCUT2D eigenvalue weighted by Crippen LogP contribution is -2.09. The summed E-state index contributed by atoms with van der Waals surface area (Å²) in [5, 5.41) is 21.0. The van der Waals surface area contributed by atoms with Crippen molar-refractivity contribution in [2.75, 3.05) is 13.1 Å². The van der Waals surface area contributed by atoms with Gasteiger partial charge in [0, 0.05) is 18.7 Å². The van der Waals surface area contributed by atoms with E-state index in [0.717, 1.165) is 25.9 Å². The molecule has 0 radical (unpaired) electrons. The van der Waals surface area contributed by atoms with Crippen molar-refractivity contribution in [3.8, 4) is 23.5 Å². The average Bonchev–Trinajstić information content (AvgIpc) is 3.12. The van der Waals surface area contributed by atoms with E-state index in [9.17, 15) is 9.50 Å². The molecule has 0 saturated carbocycles. The van der Waals surface area contributed by atoms with Crippen LogP contribution in [0.1, 0.15) is 37.0 Å². The fraction of sp³-hybridized carbons (Fsp3) is 0.300. The molecule has 2 aromatic carbocycles. The second kappa shape index (κ2) is 7.86. The van der Waals surface area contributed by atoms with E-state index in [0.29, 0.717) is 33.0 Å². The summed E-state index contributed by atoms with van der Waals surface area (Å²) in [7, 11) is 0. The lowest BCUT2D eigenvalue weighted by Gasteiger charge is -2.18. The first kappa shape index (κ1) is 18.4. The van der Waals surface area contributed by atoms with Gasteiger partial charge in [0.1, 0.15) is 11.5 Å². The third-order valence-corrected chi connectivity index (χ3v) is 4.64. The normalized spacial score (nSPS) is 15.4. The van der Waals surface area contributed by atoms with E-state index < -0.39 is 11.9 Å². The van der Waals surface area contributed by atoms with Crippen molar-refractivity contribution in [1.82, 2.24) is 5.01 Å². The van der Waals surface area contributed by atoms with Crippen LogP contribution in [0.4, 0.5) is 10.1 Å². The molecule has 1 heterocycles. The van der Waals surface area contributed by atoms with Crippen molar-refractivity contribution in [2.45, 2.75) is 25.9 Å². The second-order valence-corrected chi connectivity index (χ2v) is 6.63. The second-order valence-electron chi connectivity index (χ2n) is 6.23. The number of halogens is 2. The maximum Gasteiger partial charge on any atom is 0.123 e. The average molecular weight is 372 g/mol. The van der Waals surface area contributed by atoms with Gasteiger partial charge in [-0.1, -0.05) is 34.9 Å². The van der Waals surface area contributed by atoms with Crippen LogP contribution < -0.4 is 0 Å². The summed E-state index contributed by atoms with van der Waals surface area (Å²) in [6.07, 6.45) is 6.94. The minimum Gasteiger partial charge on any atom is -0.389 e. The molecular formula is C20H19ClFN3O. The Hall–Kier alpha value is -2.42. The van der Waals surface area contributed by atoms with Crippen LogP contribution in [0.5, 0.6) is 0 Å². The van der Waals surface area contributed by atoms with Gasteiger partial charge in [-0.25, -0.2) is 4.39 Å². The van der Waals surface area contributed by atoms with Crippen LogP contribution >= 0.6 is 11.6 Å². The molecule has 0 bridgehead atoms. The van der Waals surface area contributed by atoms with Crippen molar-refractivity contribution in [2.24, 2.45) is 10.3 Å². The van der Waals surface area contributed by atoms with Crippen LogP contribution in [0.25, 0.3) is 11.1 Å². The molecule has 2 aromatic rings. The molecule has 1 atom stereocenters. The zero-order valence-corrected chi connectivity index (χ0v) is 15.2. The Balaban J connectivity index is 2.25. The number of hydrogen-bond acceptors (Lipinski definition) is 3. The fourth-order valence-corrected chi connectivity index (χ4v) is 3.33. The van der Waals surface area contributed by atoms with Crippen LogP contribution in [0.15, 0.2) is 40.7 Å². The highest BCUT2D eigenvalue weighted by molar-refractivity contribution is 6.32. The monoisotopic (exact) mass is 371 g/mol. The minimum atomic E-state index is -0.835. The molecule has 0 aromatic heterocycles. The number of benzene rings is 2. The molecule has 1 aliphatic rings. The van der Waals surface area contributed by atoms with Gasteiger partial charge < -0.3 is 5.11 Å². The SMILES string of the molecule is C#Cc1c(Cl)cc([C@@H](C)O)c(-c2cccc(F)c2)c1/N=N/N1CCCC1. The fourth-order valence-electron chi connectivity index (χ4n) is 3.07. The lowest BCUT2D eigenvalue weighted by molar-refractivity contribution is 0.200. The molecule has 26 heavy (non-hydrogen) atoms. The molecule has 4 nitrogen and oxygen atoms in total. The molecule has 0 amide bonds. The van der Waals surface area contributed by atoms with Gasteiger partial charge in [0.2, 0.25) is 0 Å². The number of hydrogen-bond donors (Lipinski definition) is 1.